The highest BCUT2D eigenvalue weighted by molar-refractivity contribution is 9.10. The van der Waals surface area contributed by atoms with Crippen LogP contribution in [0.3, 0.4) is 0 Å². The normalized spacial score (nSPS) is 13.3. The molecule has 0 aliphatic heterocycles. The number of aryl methyl sites for hydroxylation is 1. The summed E-state index contributed by atoms with van der Waals surface area (Å²) in [5.41, 5.74) is 5.43. The van der Waals surface area contributed by atoms with E-state index in [0.29, 0.717) is 0 Å². The Labute approximate surface area is 155 Å². The van der Waals surface area contributed by atoms with Gasteiger partial charge in [0.25, 0.3) is 0 Å². The Morgan fingerprint density at radius 1 is 0.680 bits per heavy atom. The summed E-state index contributed by atoms with van der Waals surface area (Å²) in [6.07, 6.45) is 6.89. The van der Waals surface area contributed by atoms with E-state index in [9.17, 15) is 0 Å². The highest BCUT2D eigenvalue weighted by Crippen LogP contribution is 2.38. The van der Waals surface area contributed by atoms with Crippen LogP contribution in [0.15, 0.2) is 77.3 Å². The van der Waals surface area contributed by atoms with Crippen LogP contribution in [0.5, 0.6) is 0 Å². The zero-order chi connectivity index (χ0) is 16.8. The lowest BCUT2D eigenvalue weighted by atomic mass is 9.86. The van der Waals surface area contributed by atoms with Crippen LogP contribution in [-0.2, 0) is 6.42 Å². The van der Waals surface area contributed by atoms with Gasteiger partial charge >= 0.3 is 0 Å². The van der Waals surface area contributed by atoms with Crippen molar-refractivity contribution < 1.29 is 0 Å². The minimum absolute atomic E-state index is 1.11. The molecule has 1 aliphatic rings. The molecule has 4 aromatic carbocycles. The number of hydrogen-bond donors (Lipinski definition) is 0. The highest BCUT2D eigenvalue weighted by Gasteiger charge is 2.14. The van der Waals surface area contributed by atoms with Gasteiger partial charge in [0.15, 0.2) is 0 Å². The first-order chi connectivity index (χ1) is 12.3. The lowest BCUT2D eigenvalue weighted by Crippen LogP contribution is -1.97. The minimum atomic E-state index is 1.11. The van der Waals surface area contributed by atoms with Crippen LogP contribution in [0.4, 0.5) is 0 Å². The van der Waals surface area contributed by atoms with E-state index in [4.69, 9.17) is 0 Å². The third kappa shape index (κ3) is 2.42. The lowest BCUT2D eigenvalue weighted by molar-refractivity contribution is 1.00. The van der Waals surface area contributed by atoms with Gasteiger partial charge in [-0.1, -0.05) is 76.6 Å². The van der Waals surface area contributed by atoms with E-state index in [0.717, 1.165) is 17.3 Å². The zero-order valence-corrected chi connectivity index (χ0v) is 15.4. The van der Waals surface area contributed by atoms with Crippen LogP contribution in [0.25, 0.3) is 38.7 Å². The first-order valence-electron chi connectivity index (χ1n) is 8.71. The van der Waals surface area contributed by atoms with E-state index in [2.05, 4.69) is 94.8 Å². The summed E-state index contributed by atoms with van der Waals surface area (Å²) in [4.78, 5) is 0. The SMILES string of the molecule is Brc1ccc(-c2ccc3c4c(c5ccccc5c3c2)CCC=C4)cc1. The molecule has 0 heterocycles. The van der Waals surface area contributed by atoms with Gasteiger partial charge in [-0.25, -0.2) is 0 Å². The molecule has 0 saturated carbocycles. The molecule has 1 aliphatic carbocycles. The van der Waals surface area contributed by atoms with Crippen molar-refractivity contribution >= 4 is 43.6 Å². The molecular formula is C24H17Br. The molecule has 25 heavy (non-hydrogen) atoms. The Hall–Kier alpha value is -2.38. The third-order valence-corrected chi connectivity index (χ3v) is 5.73. The van der Waals surface area contributed by atoms with Crippen molar-refractivity contribution in [1.82, 2.24) is 0 Å². The molecule has 1 heteroatoms. The molecule has 0 unspecified atom stereocenters. The Morgan fingerprint density at radius 2 is 1.44 bits per heavy atom. The summed E-state index contributed by atoms with van der Waals surface area (Å²) >= 11 is 3.52. The second kappa shape index (κ2) is 5.86. The molecule has 4 aromatic rings. The molecule has 5 rings (SSSR count). The molecule has 0 radical (unpaired) electrons. The summed E-state index contributed by atoms with van der Waals surface area (Å²) in [5, 5.41) is 5.49. The topological polar surface area (TPSA) is 0 Å². The molecule has 0 aromatic heterocycles. The standard InChI is InChI=1S/C24H17Br/c25-18-12-9-16(10-13-18)17-11-14-23-21-7-2-1-5-19(21)20-6-3-4-8-22(20)24(23)15-17/h2-4,6-15H,1,5H2. The van der Waals surface area contributed by atoms with Gasteiger partial charge in [0.2, 0.25) is 0 Å². The maximum absolute atomic E-state index is 3.52. The second-order valence-electron chi connectivity index (χ2n) is 6.65. The van der Waals surface area contributed by atoms with Crippen molar-refractivity contribution in [3.05, 3.63) is 88.4 Å². The molecule has 0 saturated heterocycles. The fraction of sp³-hybridized carbons (Fsp3) is 0.0833. The average molecular weight is 385 g/mol. The van der Waals surface area contributed by atoms with Crippen molar-refractivity contribution in [2.75, 3.05) is 0 Å². The van der Waals surface area contributed by atoms with E-state index < -0.39 is 0 Å². The summed E-state index contributed by atoms with van der Waals surface area (Å²) in [6.45, 7) is 0. The summed E-state index contributed by atoms with van der Waals surface area (Å²) in [5.74, 6) is 0. The molecule has 0 fully saturated rings. The Bertz CT molecular complexity index is 1130. The van der Waals surface area contributed by atoms with Crippen LogP contribution in [0, 0.1) is 0 Å². The van der Waals surface area contributed by atoms with Crippen molar-refractivity contribution in [1.29, 1.82) is 0 Å². The maximum atomic E-state index is 3.52. The fourth-order valence-corrected chi connectivity index (χ4v) is 4.27. The molecule has 0 amide bonds. The number of allylic oxidation sites excluding steroid dienone is 1. The minimum Gasteiger partial charge on any atom is -0.0836 e. The molecular weight excluding hydrogens is 368 g/mol. The van der Waals surface area contributed by atoms with Crippen LogP contribution < -0.4 is 0 Å². The van der Waals surface area contributed by atoms with Crippen molar-refractivity contribution in [3.63, 3.8) is 0 Å². The van der Waals surface area contributed by atoms with Crippen LogP contribution >= 0.6 is 15.9 Å². The predicted octanol–water partition coefficient (Wildman–Crippen LogP) is 7.38. The Morgan fingerprint density at radius 3 is 2.28 bits per heavy atom. The number of rotatable bonds is 1. The molecule has 0 atom stereocenters. The van der Waals surface area contributed by atoms with E-state index >= 15 is 0 Å². The van der Waals surface area contributed by atoms with Gasteiger partial charge in [-0.05, 0) is 74.8 Å². The Balaban J connectivity index is 1.86. The van der Waals surface area contributed by atoms with E-state index in [-0.39, 0.29) is 0 Å². The Kier molecular flexibility index (Phi) is 3.50. The zero-order valence-electron chi connectivity index (χ0n) is 13.8. The largest absolute Gasteiger partial charge is 0.0836 e. The smallest absolute Gasteiger partial charge is 0.0175 e. The summed E-state index contributed by atoms with van der Waals surface area (Å²) < 4.78 is 1.11. The van der Waals surface area contributed by atoms with Gasteiger partial charge in [0.1, 0.15) is 0 Å². The number of halogens is 1. The quantitative estimate of drug-likeness (QED) is 0.300. The molecule has 0 nitrogen and oxygen atoms in total. The number of benzene rings is 4. The van der Waals surface area contributed by atoms with Crippen molar-refractivity contribution in [3.8, 4) is 11.1 Å². The molecule has 120 valence electrons. The summed E-state index contributed by atoms with van der Waals surface area (Å²) in [6, 6.07) is 24.3. The highest BCUT2D eigenvalue weighted by atomic mass is 79.9. The van der Waals surface area contributed by atoms with Gasteiger partial charge in [-0.15, -0.1) is 0 Å². The van der Waals surface area contributed by atoms with Crippen molar-refractivity contribution in [2.45, 2.75) is 12.8 Å². The van der Waals surface area contributed by atoms with Crippen molar-refractivity contribution in [2.24, 2.45) is 0 Å². The van der Waals surface area contributed by atoms with Gasteiger partial charge < -0.3 is 0 Å². The van der Waals surface area contributed by atoms with Gasteiger partial charge in [-0.2, -0.15) is 0 Å². The van der Waals surface area contributed by atoms with E-state index in [1.165, 1.54) is 43.8 Å². The third-order valence-electron chi connectivity index (χ3n) is 5.20. The summed E-state index contributed by atoms with van der Waals surface area (Å²) in [7, 11) is 0. The number of fused-ring (bicyclic) bond motifs is 6. The van der Waals surface area contributed by atoms with Gasteiger partial charge in [0.05, 0.1) is 0 Å². The maximum Gasteiger partial charge on any atom is 0.0175 e. The molecule has 0 spiro atoms. The van der Waals surface area contributed by atoms with Crippen LogP contribution in [0.2, 0.25) is 0 Å². The van der Waals surface area contributed by atoms with Crippen LogP contribution in [0.1, 0.15) is 17.5 Å². The lowest BCUT2D eigenvalue weighted by Gasteiger charge is -2.18. The van der Waals surface area contributed by atoms with Gasteiger partial charge in [-0.3, -0.25) is 0 Å². The average Bonchev–Trinajstić information content (AvgIpc) is 2.68. The predicted molar refractivity (Wildman–Crippen MR) is 112 cm³/mol. The number of hydrogen-bond acceptors (Lipinski definition) is 0. The van der Waals surface area contributed by atoms with E-state index in [1.807, 2.05) is 0 Å². The van der Waals surface area contributed by atoms with E-state index in [1.54, 1.807) is 0 Å². The van der Waals surface area contributed by atoms with Crippen LogP contribution in [-0.4, -0.2) is 0 Å². The van der Waals surface area contributed by atoms with Gasteiger partial charge in [0, 0.05) is 4.47 Å². The fourth-order valence-electron chi connectivity index (χ4n) is 4.00. The second-order valence-corrected chi connectivity index (χ2v) is 7.56. The molecule has 0 bridgehead atoms. The molecule has 0 N–H and O–H groups in total. The first kappa shape index (κ1) is 14.9. The monoisotopic (exact) mass is 384 g/mol. The first-order valence-corrected chi connectivity index (χ1v) is 9.50.